The third-order valence-electron chi connectivity index (χ3n) is 3.39. The molecule has 118 valence electrons. The Labute approximate surface area is 136 Å². The van der Waals surface area contributed by atoms with Gasteiger partial charge in [0, 0.05) is 5.41 Å². The van der Waals surface area contributed by atoms with Crippen molar-refractivity contribution in [3.63, 3.8) is 0 Å². The molecular weight excluding hydrogens is 316 g/mol. The molecule has 0 unspecified atom stereocenters. The summed E-state index contributed by atoms with van der Waals surface area (Å²) in [7, 11) is 0. The van der Waals surface area contributed by atoms with Gasteiger partial charge < -0.3 is 4.84 Å². The first-order valence-corrected chi connectivity index (χ1v) is 7.82. The van der Waals surface area contributed by atoms with Gasteiger partial charge in [-0.1, -0.05) is 38.0 Å². The van der Waals surface area contributed by atoms with Gasteiger partial charge in [-0.15, -0.1) is 11.3 Å². The lowest BCUT2D eigenvalue weighted by molar-refractivity contribution is -0.0582. The quantitative estimate of drug-likeness (QED) is 0.791. The Morgan fingerprint density at radius 3 is 2.22 bits per heavy atom. The van der Waals surface area contributed by atoms with Crippen molar-refractivity contribution in [3.8, 4) is 0 Å². The van der Waals surface area contributed by atoms with E-state index in [1.54, 1.807) is 17.6 Å². The number of rotatable bonds is 2. The standard InChI is InChI=1S/C16H14N2O4S/c1-16(2,3)12-11(23-8-17-12)15(21)22-18-13(19)9-6-4-5-7-10(9)14(18)20/h4-8H,1-3H3. The van der Waals surface area contributed by atoms with E-state index >= 15 is 0 Å². The maximum absolute atomic E-state index is 12.4. The number of hydroxylamine groups is 2. The maximum Gasteiger partial charge on any atom is 0.375 e. The molecule has 23 heavy (non-hydrogen) atoms. The lowest BCUT2D eigenvalue weighted by Gasteiger charge is -2.18. The normalized spacial score (nSPS) is 14.1. The summed E-state index contributed by atoms with van der Waals surface area (Å²) in [5.41, 5.74) is 2.22. The van der Waals surface area contributed by atoms with Gasteiger partial charge in [0.15, 0.2) is 0 Å². The first-order valence-electron chi connectivity index (χ1n) is 6.95. The van der Waals surface area contributed by atoms with Gasteiger partial charge in [0.1, 0.15) is 4.88 Å². The van der Waals surface area contributed by atoms with Crippen molar-refractivity contribution in [1.29, 1.82) is 0 Å². The van der Waals surface area contributed by atoms with Crippen LogP contribution in [0.15, 0.2) is 29.8 Å². The van der Waals surface area contributed by atoms with Gasteiger partial charge >= 0.3 is 5.97 Å². The third-order valence-corrected chi connectivity index (χ3v) is 4.20. The van der Waals surface area contributed by atoms with Gasteiger partial charge in [-0.2, -0.15) is 0 Å². The van der Waals surface area contributed by atoms with E-state index in [1.807, 2.05) is 20.8 Å². The zero-order chi connectivity index (χ0) is 16.8. The second kappa shape index (κ2) is 5.27. The van der Waals surface area contributed by atoms with E-state index in [1.165, 1.54) is 12.1 Å². The molecule has 0 saturated carbocycles. The van der Waals surface area contributed by atoms with Crippen LogP contribution in [0.3, 0.4) is 0 Å². The van der Waals surface area contributed by atoms with E-state index in [0.717, 1.165) is 11.3 Å². The predicted octanol–water partition coefficient (Wildman–Crippen LogP) is 2.81. The molecule has 0 radical (unpaired) electrons. The molecule has 6 nitrogen and oxygen atoms in total. The molecule has 1 aromatic carbocycles. The fourth-order valence-electron chi connectivity index (χ4n) is 2.30. The molecule has 0 saturated heterocycles. The number of benzene rings is 1. The maximum atomic E-state index is 12.4. The molecule has 0 fully saturated rings. The van der Waals surface area contributed by atoms with E-state index < -0.39 is 17.8 Å². The third kappa shape index (κ3) is 2.53. The molecule has 0 spiro atoms. The highest BCUT2D eigenvalue weighted by Crippen LogP contribution is 2.29. The van der Waals surface area contributed by atoms with Crippen molar-refractivity contribution in [2.45, 2.75) is 26.2 Å². The minimum Gasteiger partial charge on any atom is -0.323 e. The van der Waals surface area contributed by atoms with Crippen LogP contribution in [-0.2, 0) is 10.3 Å². The highest BCUT2D eigenvalue weighted by Gasteiger charge is 2.39. The van der Waals surface area contributed by atoms with Crippen LogP contribution < -0.4 is 0 Å². The van der Waals surface area contributed by atoms with Gasteiger partial charge in [-0.25, -0.2) is 9.78 Å². The van der Waals surface area contributed by atoms with Crippen LogP contribution in [-0.4, -0.2) is 27.8 Å². The number of amides is 2. The zero-order valence-electron chi connectivity index (χ0n) is 12.8. The topological polar surface area (TPSA) is 76.6 Å². The van der Waals surface area contributed by atoms with Crippen molar-refractivity contribution in [3.05, 3.63) is 51.5 Å². The SMILES string of the molecule is CC(C)(C)c1ncsc1C(=O)ON1C(=O)c2ccccc2C1=O. The van der Waals surface area contributed by atoms with Crippen molar-refractivity contribution in [2.75, 3.05) is 0 Å². The smallest absolute Gasteiger partial charge is 0.323 e. The van der Waals surface area contributed by atoms with E-state index in [-0.39, 0.29) is 21.4 Å². The lowest BCUT2D eigenvalue weighted by Crippen LogP contribution is -2.33. The van der Waals surface area contributed by atoms with Gasteiger partial charge in [0.25, 0.3) is 11.8 Å². The summed E-state index contributed by atoms with van der Waals surface area (Å²) >= 11 is 1.12. The summed E-state index contributed by atoms with van der Waals surface area (Å²) in [5, 5.41) is 0.513. The molecule has 1 aromatic heterocycles. The first-order chi connectivity index (χ1) is 10.8. The van der Waals surface area contributed by atoms with E-state index in [4.69, 9.17) is 4.84 Å². The average molecular weight is 330 g/mol. The number of thiazole rings is 1. The fourth-order valence-corrected chi connectivity index (χ4v) is 3.17. The van der Waals surface area contributed by atoms with Crippen LogP contribution in [0.4, 0.5) is 0 Å². The predicted molar refractivity (Wildman–Crippen MR) is 83.2 cm³/mol. The van der Waals surface area contributed by atoms with Crippen molar-refractivity contribution in [1.82, 2.24) is 10.0 Å². The summed E-state index contributed by atoms with van der Waals surface area (Å²) < 4.78 is 0. The van der Waals surface area contributed by atoms with Gasteiger partial charge in [-0.05, 0) is 12.1 Å². The Bertz CT molecular complexity index is 784. The fraction of sp³-hybridized carbons (Fsp3) is 0.250. The number of carbonyl (C=O) groups is 3. The largest absolute Gasteiger partial charge is 0.375 e. The number of hydrogen-bond donors (Lipinski definition) is 0. The van der Waals surface area contributed by atoms with Crippen LogP contribution >= 0.6 is 11.3 Å². The molecular formula is C16H14N2O4S. The number of carbonyl (C=O) groups excluding carboxylic acids is 3. The Hall–Kier alpha value is -2.54. The minimum atomic E-state index is -0.757. The Kier molecular flexibility index (Phi) is 3.52. The van der Waals surface area contributed by atoms with Crippen LogP contribution in [0.2, 0.25) is 0 Å². The van der Waals surface area contributed by atoms with Crippen molar-refractivity contribution < 1.29 is 19.2 Å². The minimum absolute atomic E-state index is 0.227. The zero-order valence-corrected chi connectivity index (χ0v) is 13.6. The van der Waals surface area contributed by atoms with E-state index in [0.29, 0.717) is 10.8 Å². The summed E-state index contributed by atoms with van der Waals surface area (Å²) in [6, 6.07) is 6.35. The summed E-state index contributed by atoms with van der Waals surface area (Å²) in [5.74, 6) is -2.03. The van der Waals surface area contributed by atoms with Crippen molar-refractivity contribution >= 4 is 29.1 Å². The van der Waals surface area contributed by atoms with E-state index in [2.05, 4.69) is 4.98 Å². The molecule has 0 bridgehead atoms. The molecule has 7 heteroatoms. The monoisotopic (exact) mass is 330 g/mol. The number of hydrogen-bond acceptors (Lipinski definition) is 6. The number of aromatic nitrogens is 1. The van der Waals surface area contributed by atoms with Crippen LogP contribution in [0.5, 0.6) is 0 Å². The van der Waals surface area contributed by atoms with E-state index in [9.17, 15) is 14.4 Å². The molecule has 1 aliphatic heterocycles. The molecule has 1 aliphatic rings. The van der Waals surface area contributed by atoms with Crippen LogP contribution in [0.25, 0.3) is 0 Å². The molecule has 0 aliphatic carbocycles. The summed E-state index contributed by atoms with van der Waals surface area (Å²) in [6.07, 6.45) is 0. The number of imide groups is 1. The van der Waals surface area contributed by atoms with Gasteiger partial charge in [0.05, 0.1) is 22.3 Å². The highest BCUT2D eigenvalue weighted by atomic mass is 32.1. The Balaban J connectivity index is 1.87. The molecule has 2 heterocycles. The number of nitrogens with zero attached hydrogens (tertiary/aromatic N) is 2. The van der Waals surface area contributed by atoms with Crippen molar-refractivity contribution in [2.24, 2.45) is 0 Å². The first kappa shape index (κ1) is 15.4. The number of fused-ring (bicyclic) bond motifs is 1. The summed E-state index contributed by atoms with van der Waals surface area (Å²) in [4.78, 5) is 46.3. The lowest BCUT2D eigenvalue weighted by atomic mass is 9.91. The van der Waals surface area contributed by atoms with Gasteiger partial charge in [0.2, 0.25) is 0 Å². The Morgan fingerprint density at radius 1 is 1.13 bits per heavy atom. The summed E-state index contributed by atoms with van der Waals surface area (Å²) in [6.45, 7) is 5.75. The van der Waals surface area contributed by atoms with Crippen LogP contribution in [0.1, 0.15) is 56.9 Å². The van der Waals surface area contributed by atoms with Crippen LogP contribution in [0, 0.1) is 0 Å². The second-order valence-corrected chi connectivity index (χ2v) is 6.96. The molecule has 2 aromatic rings. The molecule has 0 atom stereocenters. The average Bonchev–Trinajstić information content (AvgIpc) is 3.08. The second-order valence-electron chi connectivity index (χ2n) is 6.11. The Morgan fingerprint density at radius 2 is 1.70 bits per heavy atom. The van der Waals surface area contributed by atoms with Gasteiger partial charge in [-0.3, -0.25) is 9.59 Å². The molecule has 2 amide bonds. The molecule has 3 rings (SSSR count). The highest BCUT2D eigenvalue weighted by molar-refractivity contribution is 7.11. The molecule has 0 N–H and O–H groups in total.